The summed E-state index contributed by atoms with van der Waals surface area (Å²) in [6.07, 6.45) is -0.101. The number of carboxylic acids is 1. The minimum atomic E-state index is -0.949. The summed E-state index contributed by atoms with van der Waals surface area (Å²) in [4.78, 5) is 23.7. The molecule has 7 heteroatoms. The van der Waals surface area contributed by atoms with Gasteiger partial charge < -0.3 is 15.3 Å². The monoisotopic (exact) mass is 318 g/mol. The number of rotatable bonds is 5. The van der Waals surface area contributed by atoms with Crippen LogP contribution in [0, 0.1) is 0 Å². The lowest BCUT2D eigenvalue weighted by Gasteiger charge is -2.21. The van der Waals surface area contributed by atoms with Crippen molar-refractivity contribution in [2.75, 3.05) is 13.6 Å². The van der Waals surface area contributed by atoms with Crippen LogP contribution >= 0.6 is 23.2 Å². The number of carbonyl (C=O) groups excluding carboxylic acids is 1. The number of benzene rings is 1. The van der Waals surface area contributed by atoms with Crippen molar-refractivity contribution in [3.05, 3.63) is 33.8 Å². The highest BCUT2D eigenvalue weighted by Gasteiger charge is 2.16. The fourth-order valence-corrected chi connectivity index (χ4v) is 2.05. The average Bonchev–Trinajstić information content (AvgIpc) is 2.38. The Labute approximate surface area is 127 Å². The van der Waals surface area contributed by atoms with E-state index in [2.05, 4.69) is 5.32 Å². The van der Waals surface area contributed by atoms with Crippen molar-refractivity contribution in [2.45, 2.75) is 19.4 Å². The van der Waals surface area contributed by atoms with Crippen LogP contribution in [-0.2, 0) is 4.79 Å². The molecule has 1 aromatic rings. The molecule has 1 atom stereocenters. The predicted octanol–water partition coefficient (Wildman–Crippen LogP) is 3.17. The molecule has 0 spiro atoms. The van der Waals surface area contributed by atoms with E-state index in [-0.39, 0.29) is 25.0 Å². The SMILES string of the molecule is C[C@@H](NC(=O)N(C)CCC(=O)O)c1cc(Cl)ccc1Cl. The van der Waals surface area contributed by atoms with Crippen molar-refractivity contribution >= 4 is 35.2 Å². The van der Waals surface area contributed by atoms with Crippen LogP contribution in [0.5, 0.6) is 0 Å². The summed E-state index contributed by atoms with van der Waals surface area (Å²) in [5.41, 5.74) is 0.708. The molecule has 0 bridgehead atoms. The molecule has 5 nitrogen and oxygen atoms in total. The minimum Gasteiger partial charge on any atom is -0.481 e. The Morgan fingerprint density at radius 1 is 1.40 bits per heavy atom. The molecule has 0 saturated heterocycles. The summed E-state index contributed by atoms with van der Waals surface area (Å²) in [6.45, 7) is 1.91. The zero-order valence-corrected chi connectivity index (χ0v) is 12.7. The molecule has 2 N–H and O–H groups in total. The molecule has 0 unspecified atom stereocenters. The Kier molecular flexibility index (Phi) is 6.10. The first-order valence-corrected chi connectivity index (χ1v) is 6.75. The molecule has 0 saturated carbocycles. The van der Waals surface area contributed by atoms with E-state index in [1.807, 2.05) is 0 Å². The van der Waals surface area contributed by atoms with E-state index in [4.69, 9.17) is 28.3 Å². The third-order valence-corrected chi connectivity index (χ3v) is 3.35. The second-order valence-corrected chi connectivity index (χ2v) is 5.25. The van der Waals surface area contributed by atoms with Gasteiger partial charge in [-0.25, -0.2) is 4.79 Å². The van der Waals surface area contributed by atoms with Crippen LogP contribution in [0.1, 0.15) is 24.9 Å². The van der Waals surface area contributed by atoms with Gasteiger partial charge in [0.2, 0.25) is 0 Å². The Morgan fingerprint density at radius 2 is 2.05 bits per heavy atom. The molecule has 0 aliphatic heterocycles. The number of amides is 2. The molecule has 0 fully saturated rings. The van der Waals surface area contributed by atoms with Crippen LogP contribution in [0.3, 0.4) is 0 Å². The van der Waals surface area contributed by atoms with Crippen molar-refractivity contribution in [3.8, 4) is 0 Å². The first-order chi connectivity index (χ1) is 9.31. The maximum atomic E-state index is 11.9. The molecular weight excluding hydrogens is 303 g/mol. The highest BCUT2D eigenvalue weighted by Crippen LogP contribution is 2.26. The smallest absolute Gasteiger partial charge is 0.317 e. The van der Waals surface area contributed by atoms with Crippen LogP contribution in [0.2, 0.25) is 10.0 Å². The van der Waals surface area contributed by atoms with Gasteiger partial charge in [-0.05, 0) is 30.7 Å². The van der Waals surface area contributed by atoms with Gasteiger partial charge in [0.1, 0.15) is 0 Å². The third-order valence-electron chi connectivity index (χ3n) is 2.77. The average molecular weight is 319 g/mol. The molecular formula is C13H16Cl2N2O3. The number of carbonyl (C=O) groups is 2. The van der Waals surface area contributed by atoms with Gasteiger partial charge in [0.15, 0.2) is 0 Å². The Hall–Kier alpha value is -1.46. The highest BCUT2D eigenvalue weighted by atomic mass is 35.5. The van der Waals surface area contributed by atoms with Gasteiger partial charge in [0, 0.05) is 23.6 Å². The fraction of sp³-hybridized carbons (Fsp3) is 0.385. The van der Waals surface area contributed by atoms with E-state index >= 15 is 0 Å². The lowest BCUT2D eigenvalue weighted by atomic mass is 10.1. The van der Waals surface area contributed by atoms with E-state index in [0.29, 0.717) is 15.6 Å². The van der Waals surface area contributed by atoms with Gasteiger partial charge >= 0.3 is 12.0 Å². The van der Waals surface area contributed by atoms with Crippen LogP contribution in [0.4, 0.5) is 4.79 Å². The fourth-order valence-electron chi connectivity index (χ4n) is 1.58. The van der Waals surface area contributed by atoms with E-state index < -0.39 is 5.97 Å². The molecule has 0 radical (unpaired) electrons. The molecule has 110 valence electrons. The van der Waals surface area contributed by atoms with Gasteiger partial charge in [-0.3, -0.25) is 4.79 Å². The van der Waals surface area contributed by atoms with Crippen LogP contribution in [0.25, 0.3) is 0 Å². The summed E-state index contributed by atoms with van der Waals surface area (Å²) in [5, 5.41) is 12.4. The normalized spacial score (nSPS) is 11.8. The molecule has 1 rings (SSSR count). The second kappa shape index (κ2) is 7.36. The van der Waals surface area contributed by atoms with Gasteiger partial charge in [-0.15, -0.1) is 0 Å². The first kappa shape index (κ1) is 16.6. The standard InChI is InChI=1S/C13H16Cl2N2O3/c1-8(10-7-9(14)3-4-11(10)15)16-13(20)17(2)6-5-12(18)19/h3-4,7-8H,5-6H2,1-2H3,(H,16,20)(H,18,19)/t8-/m1/s1. The number of nitrogens with zero attached hydrogens (tertiary/aromatic N) is 1. The molecule has 1 aromatic carbocycles. The summed E-state index contributed by atoms with van der Waals surface area (Å²) in [5.74, 6) is -0.949. The number of aliphatic carboxylic acids is 1. The van der Waals surface area contributed by atoms with Crippen molar-refractivity contribution in [1.82, 2.24) is 10.2 Å². The topological polar surface area (TPSA) is 69.6 Å². The number of hydrogen-bond acceptors (Lipinski definition) is 2. The van der Waals surface area contributed by atoms with Crippen LogP contribution < -0.4 is 5.32 Å². The molecule has 2 amide bonds. The lowest BCUT2D eigenvalue weighted by Crippen LogP contribution is -2.39. The van der Waals surface area contributed by atoms with Crippen molar-refractivity contribution in [3.63, 3.8) is 0 Å². The number of halogens is 2. The van der Waals surface area contributed by atoms with E-state index in [1.54, 1.807) is 25.1 Å². The first-order valence-electron chi connectivity index (χ1n) is 5.99. The molecule has 0 heterocycles. The zero-order valence-electron chi connectivity index (χ0n) is 11.2. The van der Waals surface area contributed by atoms with Crippen molar-refractivity contribution in [2.24, 2.45) is 0 Å². The Bertz CT molecular complexity index is 508. The van der Waals surface area contributed by atoms with Gasteiger partial charge in [-0.1, -0.05) is 23.2 Å². The number of hydrogen-bond donors (Lipinski definition) is 2. The highest BCUT2D eigenvalue weighted by molar-refractivity contribution is 6.33. The summed E-state index contributed by atoms with van der Waals surface area (Å²) in [6, 6.07) is 4.32. The molecule has 0 aromatic heterocycles. The quantitative estimate of drug-likeness (QED) is 0.876. The minimum absolute atomic E-state index is 0.101. The second-order valence-electron chi connectivity index (χ2n) is 4.40. The molecule has 20 heavy (non-hydrogen) atoms. The summed E-state index contributed by atoms with van der Waals surface area (Å²) in [7, 11) is 1.53. The van der Waals surface area contributed by atoms with E-state index in [1.165, 1.54) is 11.9 Å². The maximum Gasteiger partial charge on any atom is 0.317 e. The summed E-state index contributed by atoms with van der Waals surface area (Å²) < 4.78 is 0. The Balaban J connectivity index is 2.65. The number of nitrogens with one attached hydrogen (secondary N) is 1. The van der Waals surface area contributed by atoms with Gasteiger partial charge in [0.05, 0.1) is 12.5 Å². The largest absolute Gasteiger partial charge is 0.481 e. The molecule has 0 aliphatic rings. The van der Waals surface area contributed by atoms with E-state index in [0.717, 1.165) is 0 Å². The van der Waals surface area contributed by atoms with Gasteiger partial charge in [0.25, 0.3) is 0 Å². The zero-order chi connectivity index (χ0) is 15.3. The Morgan fingerprint density at radius 3 is 2.65 bits per heavy atom. The van der Waals surface area contributed by atoms with Gasteiger partial charge in [-0.2, -0.15) is 0 Å². The third kappa shape index (κ3) is 4.90. The van der Waals surface area contributed by atoms with Crippen molar-refractivity contribution in [1.29, 1.82) is 0 Å². The number of urea groups is 1. The number of carboxylic acid groups (broad SMARTS) is 1. The maximum absolute atomic E-state index is 11.9. The van der Waals surface area contributed by atoms with E-state index in [9.17, 15) is 9.59 Å². The van der Waals surface area contributed by atoms with Crippen LogP contribution in [-0.4, -0.2) is 35.6 Å². The van der Waals surface area contributed by atoms with Crippen molar-refractivity contribution < 1.29 is 14.7 Å². The predicted molar refractivity (Wildman–Crippen MR) is 78.3 cm³/mol. The lowest BCUT2D eigenvalue weighted by molar-refractivity contribution is -0.137. The summed E-state index contributed by atoms with van der Waals surface area (Å²) >= 11 is 12.0. The van der Waals surface area contributed by atoms with Crippen LogP contribution in [0.15, 0.2) is 18.2 Å². The molecule has 0 aliphatic carbocycles.